The predicted octanol–water partition coefficient (Wildman–Crippen LogP) is 4.59. The average Bonchev–Trinajstić information content (AvgIpc) is 2.68. The summed E-state index contributed by atoms with van der Waals surface area (Å²) in [6.07, 6.45) is -1.89. The molecule has 0 aliphatic rings. The van der Waals surface area contributed by atoms with Crippen molar-refractivity contribution in [1.29, 1.82) is 0 Å². The number of alkyl halides is 3. The van der Waals surface area contributed by atoms with Gasteiger partial charge in [-0.3, -0.25) is 25.0 Å². The van der Waals surface area contributed by atoms with Gasteiger partial charge in [-0.15, -0.1) is 0 Å². The van der Waals surface area contributed by atoms with Crippen LogP contribution in [0.3, 0.4) is 0 Å². The van der Waals surface area contributed by atoms with E-state index in [-0.39, 0.29) is 29.6 Å². The molecular weight excluding hydrogens is 484 g/mol. The standard InChI is InChI=1S/C17H11Cl2F3N4O6/c18-11-8-13(26(30)31)12(25(28)29)7-10(11)16(27)23-3-1-2-4-32-15-6-9(17(20,21)22)5-14(19)24-15/h1-2,5-8H,3-4H2,(H,23,27). The van der Waals surface area contributed by atoms with Gasteiger partial charge in [-0.1, -0.05) is 29.3 Å². The summed E-state index contributed by atoms with van der Waals surface area (Å²) in [7, 11) is 0. The van der Waals surface area contributed by atoms with Gasteiger partial charge in [0.2, 0.25) is 5.88 Å². The minimum Gasteiger partial charge on any atom is -0.473 e. The van der Waals surface area contributed by atoms with Crippen LogP contribution in [0, 0.1) is 20.2 Å². The van der Waals surface area contributed by atoms with Crippen LogP contribution in [-0.2, 0) is 6.18 Å². The number of hydrogen-bond acceptors (Lipinski definition) is 7. The van der Waals surface area contributed by atoms with Gasteiger partial charge in [0.15, 0.2) is 0 Å². The minimum absolute atomic E-state index is 0.111. The molecule has 10 nitrogen and oxygen atoms in total. The molecule has 0 aliphatic carbocycles. The number of pyridine rings is 1. The molecule has 0 saturated carbocycles. The van der Waals surface area contributed by atoms with E-state index in [1.54, 1.807) is 0 Å². The second-order valence-electron chi connectivity index (χ2n) is 5.84. The molecule has 170 valence electrons. The zero-order chi connectivity index (χ0) is 24.1. The minimum atomic E-state index is -4.63. The van der Waals surface area contributed by atoms with E-state index in [1.165, 1.54) is 12.2 Å². The summed E-state index contributed by atoms with van der Waals surface area (Å²) in [5.41, 5.74) is -3.15. The molecule has 0 atom stereocenters. The largest absolute Gasteiger partial charge is 0.473 e. The summed E-state index contributed by atoms with van der Waals surface area (Å²) in [5, 5.41) is 23.4. The Morgan fingerprint density at radius 3 is 2.31 bits per heavy atom. The lowest BCUT2D eigenvalue weighted by Gasteiger charge is -2.09. The van der Waals surface area contributed by atoms with Crippen LogP contribution in [0.2, 0.25) is 10.2 Å². The average molecular weight is 495 g/mol. The van der Waals surface area contributed by atoms with E-state index in [2.05, 4.69) is 10.3 Å². The summed E-state index contributed by atoms with van der Waals surface area (Å²) >= 11 is 11.3. The molecule has 0 radical (unpaired) electrons. The lowest BCUT2D eigenvalue weighted by Crippen LogP contribution is -2.24. The second kappa shape index (κ2) is 10.2. The van der Waals surface area contributed by atoms with Crippen molar-refractivity contribution in [1.82, 2.24) is 10.3 Å². The van der Waals surface area contributed by atoms with Gasteiger partial charge >= 0.3 is 17.6 Å². The van der Waals surface area contributed by atoms with Gasteiger partial charge in [-0.25, -0.2) is 4.98 Å². The molecule has 1 heterocycles. The normalized spacial score (nSPS) is 11.4. The zero-order valence-corrected chi connectivity index (χ0v) is 17.1. The first-order valence-corrected chi connectivity index (χ1v) is 9.09. The van der Waals surface area contributed by atoms with Crippen LogP contribution in [0.4, 0.5) is 24.5 Å². The number of nitrogens with one attached hydrogen (secondary N) is 1. The van der Waals surface area contributed by atoms with Gasteiger partial charge in [0.25, 0.3) is 5.91 Å². The third-order valence-corrected chi connectivity index (χ3v) is 4.18. The third-order valence-electron chi connectivity index (χ3n) is 3.67. The molecule has 0 fully saturated rings. The smallest absolute Gasteiger partial charge is 0.416 e. The zero-order valence-electron chi connectivity index (χ0n) is 15.6. The van der Waals surface area contributed by atoms with E-state index < -0.39 is 44.0 Å². The van der Waals surface area contributed by atoms with E-state index in [4.69, 9.17) is 27.9 Å². The fourth-order valence-electron chi connectivity index (χ4n) is 2.26. The highest BCUT2D eigenvalue weighted by Gasteiger charge is 2.32. The number of ether oxygens (including phenoxy) is 1. The van der Waals surface area contributed by atoms with Crippen LogP contribution in [0.25, 0.3) is 0 Å². The molecule has 2 rings (SSSR count). The van der Waals surface area contributed by atoms with Gasteiger partial charge in [0.1, 0.15) is 11.8 Å². The molecule has 0 spiro atoms. The Morgan fingerprint density at radius 2 is 1.72 bits per heavy atom. The van der Waals surface area contributed by atoms with Crippen molar-refractivity contribution in [3.8, 4) is 5.88 Å². The van der Waals surface area contributed by atoms with E-state index >= 15 is 0 Å². The number of amides is 1. The summed E-state index contributed by atoms with van der Waals surface area (Å²) < 4.78 is 43.3. The number of carbonyl (C=O) groups is 1. The van der Waals surface area contributed by atoms with Crippen molar-refractivity contribution in [2.24, 2.45) is 0 Å². The lowest BCUT2D eigenvalue weighted by atomic mass is 10.1. The highest BCUT2D eigenvalue weighted by molar-refractivity contribution is 6.34. The number of nitro benzene ring substituents is 2. The fourth-order valence-corrected chi connectivity index (χ4v) is 2.70. The fraction of sp³-hybridized carbons (Fsp3) is 0.176. The molecule has 1 aromatic heterocycles. The van der Waals surface area contributed by atoms with Crippen LogP contribution in [-0.4, -0.2) is 33.9 Å². The van der Waals surface area contributed by atoms with Crippen molar-refractivity contribution < 1.29 is 32.5 Å². The van der Waals surface area contributed by atoms with E-state index in [1.807, 2.05) is 0 Å². The van der Waals surface area contributed by atoms with E-state index in [0.29, 0.717) is 24.3 Å². The van der Waals surface area contributed by atoms with Crippen molar-refractivity contribution >= 4 is 40.5 Å². The maximum Gasteiger partial charge on any atom is 0.416 e. The molecule has 32 heavy (non-hydrogen) atoms. The van der Waals surface area contributed by atoms with Crippen molar-refractivity contribution in [2.45, 2.75) is 6.18 Å². The maximum atomic E-state index is 12.7. The number of halogens is 5. The Hall–Kier alpha value is -3.45. The van der Waals surface area contributed by atoms with E-state index in [9.17, 15) is 38.2 Å². The van der Waals surface area contributed by atoms with Crippen molar-refractivity contribution in [2.75, 3.05) is 13.2 Å². The maximum absolute atomic E-state index is 12.7. The number of aromatic nitrogens is 1. The Kier molecular flexibility index (Phi) is 7.94. The number of hydrogen-bond donors (Lipinski definition) is 1. The Balaban J connectivity index is 1.96. The van der Waals surface area contributed by atoms with Crippen LogP contribution < -0.4 is 10.1 Å². The Bertz CT molecular complexity index is 1090. The monoisotopic (exact) mass is 494 g/mol. The molecule has 0 bridgehead atoms. The summed E-state index contributed by atoms with van der Waals surface area (Å²) in [6.45, 7) is -0.315. The highest BCUT2D eigenvalue weighted by atomic mass is 35.5. The molecule has 0 saturated heterocycles. The number of nitro groups is 2. The second-order valence-corrected chi connectivity index (χ2v) is 6.64. The van der Waals surface area contributed by atoms with Crippen molar-refractivity contribution in [3.05, 3.63) is 77.9 Å². The molecule has 0 aliphatic heterocycles. The topological polar surface area (TPSA) is 138 Å². The highest BCUT2D eigenvalue weighted by Crippen LogP contribution is 2.33. The van der Waals surface area contributed by atoms with Crippen LogP contribution in [0.1, 0.15) is 15.9 Å². The van der Waals surface area contributed by atoms with Crippen molar-refractivity contribution in [3.63, 3.8) is 0 Å². The lowest BCUT2D eigenvalue weighted by molar-refractivity contribution is -0.422. The first kappa shape index (κ1) is 24.8. The SMILES string of the molecule is O=C(NCC=CCOc1cc(C(F)(F)F)cc(Cl)n1)c1cc([N+](=O)[O-])c([N+](=O)[O-])cc1Cl. The molecule has 1 aromatic carbocycles. The number of benzene rings is 1. The molecule has 2 aromatic rings. The summed E-state index contributed by atoms with van der Waals surface area (Å²) in [4.78, 5) is 35.6. The predicted molar refractivity (Wildman–Crippen MR) is 106 cm³/mol. The van der Waals surface area contributed by atoms with Gasteiger partial charge in [-0.05, 0) is 12.1 Å². The van der Waals surface area contributed by atoms with Gasteiger partial charge < -0.3 is 10.1 Å². The number of nitrogens with zero attached hydrogens (tertiary/aromatic N) is 3. The van der Waals surface area contributed by atoms with Gasteiger partial charge in [0, 0.05) is 24.7 Å². The molecular formula is C17H11Cl2F3N4O6. The van der Waals surface area contributed by atoms with Crippen LogP contribution in [0.15, 0.2) is 36.4 Å². The molecule has 0 unspecified atom stereocenters. The molecule has 1 amide bonds. The quantitative estimate of drug-likeness (QED) is 0.245. The van der Waals surface area contributed by atoms with E-state index in [0.717, 1.165) is 0 Å². The first-order chi connectivity index (χ1) is 14.9. The third kappa shape index (κ3) is 6.52. The van der Waals surface area contributed by atoms with Crippen LogP contribution >= 0.6 is 23.2 Å². The first-order valence-electron chi connectivity index (χ1n) is 8.33. The summed E-state index contributed by atoms with van der Waals surface area (Å²) in [6, 6.07) is 2.70. The molecule has 15 heteroatoms. The van der Waals surface area contributed by atoms with Gasteiger partial charge in [0.05, 0.1) is 26.0 Å². The Morgan fingerprint density at radius 1 is 1.09 bits per heavy atom. The van der Waals surface area contributed by atoms with Gasteiger partial charge in [-0.2, -0.15) is 13.2 Å². The van der Waals surface area contributed by atoms with Crippen LogP contribution in [0.5, 0.6) is 5.88 Å². The summed E-state index contributed by atoms with van der Waals surface area (Å²) in [5.74, 6) is -1.20. The molecule has 1 N–H and O–H groups in total. The number of carbonyl (C=O) groups excluding carboxylic acids is 1. The Labute approximate surface area is 186 Å². The number of rotatable bonds is 8.